The normalized spacial score (nSPS) is 16.0. The van der Waals surface area contributed by atoms with Crippen molar-refractivity contribution >= 4 is 17.1 Å². The first-order valence-electron chi connectivity index (χ1n) is 7.58. The van der Waals surface area contributed by atoms with E-state index >= 15 is 0 Å². The van der Waals surface area contributed by atoms with E-state index in [0.717, 1.165) is 29.1 Å². The first kappa shape index (κ1) is 15.9. The summed E-state index contributed by atoms with van der Waals surface area (Å²) in [6.45, 7) is 4.75. The number of rotatable bonds is 1. The van der Waals surface area contributed by atoms with Crippen LogP contribution >= 0.6 is 0 Å². The Morgan fingerprint density at radius 3 is 2.23 bits per heavy atom. The molecule has 2 aromatic rings. The summed E-state index contributed by atoms with van der Waals surface area (Å²) in [5.41, 5.74) is 12.2. The van der Waals surface area contributed by atoms with Crippen LogP contribution in [0.2, 0.25) is 0 Å². The highest BCUT2D eigenvalue weighted by Crippen LogP contribution is 2.33. The number of nitrogens with zero attached hydrogens (tertiary/aromatic N) is 1. The second-order valence-corrected chi connectivity index (χ2v) is 4.93. The molecule has 0 aliphatic carbocycles. The number of fused-ring (bicyclic) bond motifs is 2. The molecule has 4 heteroatoms. The molecule has 0 bridgehead atoms. The van der Waals surface area contributed by atoms with Gasteiger partial charge in [-0.25, -0.2) is 5.84 Å². The SMILES string of the molecule is CC.CN(N)/C1=C(\N)c2ccccc2CNc2ccccc21. The molecule has 3 rings (SSSR count). The van der Waals surface area contributed by atoms with E-state index in [1.165, 1.54) is 5.56 Å². The minimum Gasteiger partial charge on any atom is -0.396 e. The van der Waals surface area contributed by atoms with E-state index in [1.54, 1.807) is 5.01 Å². The second kappa shape index (κ2) is 7.00. The molecule has 116 valence electrons. The summed E-state index contributed by atoms with van der Waals surface area (Å²) in [4.78, 5) is 0. The molecule has 0 radical (unpaired) electrons. The van der Waals surface area contributed by atoms with E-state index in [-0.39, 0.29) is 0 Å². The van der Waals surface area contributed by atoms with Crippen LogP contribution in [0.1, 0.15) is 30.5 Å². The maximum Gasteiger partial charge on any atom is 0.0843 e. The van der Waals surface area contributed by atoms with Crippen molar-refractivity contribution in [1.82, 2.24) is 5.01 Å². The maximum absolute atomic E-state index is 6.41. The molecule has 4 nitrogen and oxygen atoms in total. The van der Waals surface area contributed by atoms with Crippen LogP contribution in [-0.2, 0) is 6.54 Å². The van der Waals surface area contributed by atoms with Gasteiger partial charge in [-0.2, -0.15) is 0 Å². The Bertz CT molecular complexity index is 674. The van der Waals surface area contributed by atoms with Gasteiger partial charge in [0.25, 0.3) is 0 Å². The van der Waals surface area contributed by atoms with Crippen molar-refractivity contribution in [2.24, 2.45) is 11.6 Å². The number of benzene rings is 2. The van der Waals surface area contributed by atoms with Gasteiger partial charge >= 0.3 is 0 Å². The molecule has 0 atom stereocenters. The first-order chi connectivity index (χ1) is 10.7. The zero-order valence-electron chi connectivity index (χ0n) is 13.4. The predicted molar refractivity (Wildman–Crippen MR) is 94.5 cm³/mol. The molecule has 5 N–H and O–H groups in total. The van der Waals surface area contributed by atoms with E-state index in [1.807, 2.05) is 63.4 Å². The van der Waals surface area contributed by atoms with Gasteiger partial charge in [-0.1, -0.05) is 56.3 Å². The lowest BCUT2D eigenvalue weighted by Crippen LogP contribution is -2.28. The summed E-state index contributed by atoms with van der Waals surface area (Å²) in [5, 5.41) is 5.04. The van der Waals surface area contributed by atoms with Crippen molar-refractivity contribution in [3.05, 3.63) is 65.2 Å². The van der Waals surface area contributed by atoms with Gasteiger partial charge in [0.1, 0.15) is 0 Å². The van der Waals surface area contributed by atoms with Crippen molar-refractivity contribution in [3.63, 3.8) is 0 Å². The summed E-state index contributed by atoms with van der Waals surface area (Å²) in [6, 6.07) is 16.2. The van der Waals surface area contributed by atoms with Crippen LogP contribution in [0, 0.1) is 0 Å². The maximum atomic E-state index is 6.41. The largest absolute Gasteiger partial charge is 0.396 e. The van der Waals surface area contributed by atoms with Gasteiger partial charge < -0.3 is 16.1 Å². The molecule has 2 aromatic carbocycles. The third-order valence-corrected chi connectivity index (χ3v) is 3.57. The third-order valence-electron chi connectivity index (χ3n) is 3.57. The van der Waals surface area contributed by atoms with Crippen molar-refractivity contribution in [1.29, 1.82) is 0 Å². The Morgan fingerprint density at radius 1 is 0.955 bits per heavy atom. The summed E-state index contributed by atoms with van der Waals surface area (Å²) >= 11 is 0. The molecule has 0 saturated heterocycles. The summed E-state index contributed by atoms with van der Waals surface area (Å²) in [5.74, 6) is 6.02. The van der Waals surface area contributed by atoms with Gasteiger partial charge in [0.05, 0.1) is 11.4 Å². The number of anilines is 1. The van der Waals surface area contributed by atoms with Crippen LogP contribution in [0.5, 0.6) is 0 Å². The number of hydrazine groups is 1. The van der Waals surface area contributed by atoms with Crippen LogP contribution < -0.4 is 16.9 Å². The number of hydrogen-bond donors (Lipinski definition) is 3. The molecule has 22 heavy (non-hydrogen) atoms. The fourth-order valence-corrected chi connectivity index (χ4v) is 2.62. The monoisotopic (exact) mass is 296 g/mol. The van der Waals surface area contributed by atoms with E-state index in [2.05, 4.69) is 11.4 Å². The van der Waals surface area contributed by atoms with Gasteiger partial charge in [0, 0.05) is 30.4 Å². The van der Waals surface area contributed by atoms with Gasteiger partial charge in [-0.3, -0.25) is 0 Å². The summed E-state index contributed by atoms with van der Waals surface area (Å²) in [6.07, 6.45) is 0. The quantitative estimate of drug-likeness (QED) is 0.558. The van der Waals surface area contributed by atoms with E-state index in [0.29, 0.717) is 5.70 Å². The molecular formula is C18H24N4. The highest BCUT2D eigenvalue weighted by atomic mass is 15.4. The van der Waals surface area contributed by atoms with Crippen molar-refractivity contribution < 1.29 is 0 Å². The molecule has 0 unspecified atom stereocenters. The second-order valence-electron chi connectivity index (χ2n) is 4.93. The zero-order chi connectivity index (χ0) is 16.1. The lowest BCUT2D eigenvalue weighted by molar-refractivity contribution is 0.511. The minimum atomic E-state index is 0.708. The average molecular weight is 296 g/mol. The Labute approximate surface area is 132 Å². The average Bonchev–Trinajstić information content (AvgIpc) is 2.54. The number of para-hydroxylation sites is 1. The van der Waals surface area contributed by atoms with E-state index in [9.17, 15) is 0 Å². The highest BCUT2D eigenvalue weighted by molar-refractivity contribution is 5.93. The van der Waals surface area contributed by atoms with Gasteiger partial charge in [0.2, 0.25) is 0 Å². The molecule has 0 aromatic heterocycles. The van der Waals surface area contributed by atoms with Gasteiger partial charge in [-0.15, -0.1) is 0 Å². The van der Waals surface area contributed by atoms with Crippen molar-refractivity contribution in [2.75, 3.05) is 12.4 Å². The lowest BCUT2D eigenvalue weighted by atomic mass is 9.97. The number of nitrogens with one attached hydrogen (secondary N) is 1. The number of hydrogen-bond acceptors (Lipinski definition) is 4. The van der Waals surface area contributed by atoms with Crippen LogP contribution in [-0.4, -0.2) is 12.1 Å². The lowest BCUT2D eigenvalue weighted by Gasteiger charge is -2.26. The Hall–Kier alpha value is -2.46. The Balaban J connectivity index is 0.000000847. The molecule has 0 saturated carbocycles. The topological polar surface area (TPSA) is 67.3 Å². The third kappa shape index (κ3) is 2.92. The minimum absolute atomic E-state index is 0.708. The number of nitrogens with two attached hydrogens (primary N) is 2. The Morgan fingerprint density at radius 2 is 1.55 bits per heavy atom. The van der Waals surface area contributed by atoms with Crippen molar-refractivity contribution in [3.8, 4) is 0 Å². The van der Waals surface area contributed by atoms with E-state index in [4.69, 9.17) is 11.6 Å². The zero-order valence-corrected chi connectivity index (χ0v) is 13.4. The summed E-state index contributed by atoms with van der Waals surface area (Å²) in [7, 11) is 1.81. The molecule has 1 aliphatic rings. The molecule has 0 amide bonds. The van der Waals surface area contributed by atoms with Crippen LogP contribution in [0.15, 0.2) is 48.5 Å². The standard InChI is InChI=1S/C16H18N4.C2H6/c1-20(18)16-13-8-4-5-9-14(13)19-10-11-6-2-3-7-12(11)15(16)17;1-2/h2-9,19H,10,17-18H2,1H3;1-2H3/b16-15-;. The first-order valence-corrected chi connectivity index (χ1v) is 7.58. The fourth-order valence-electron chi connectivity index (χ4n) is 2.62. The van der Waals surface area contributed by atoms with Crippen LogP contribution in [0.3, 0.4) is 0 Å². The molecule has 0 spiro atoms. The Kier molecular flexibility index (Phi) is 5.07. The fraction of sp³-hybridized carbons (Fsp3) is 0.222. The van der Waals surface area contributed by atoms with E-state index < -0.39 is 0 Å². The van der Waals surface area contributed by atoms with Crippen molar-refractivity contribution in [2.45, 2.75) is 20.4 Å². The molecule has 1 heterocycles. The molecule has 0 fully saturated rings. The predicted octanol–water partition coefficient (Wildman–Crippen LogP) is 3.23. The van der Waals surface area contributed by atoms with Crippen LogP contribution in [0.25, 0.3) is 11.4 Å². The molecule has 1 aliphatic heterocycles. The molecular weight excluding hydrogens is 272 g/mol. The van der Waals surface area contributed by atoms with Gasteiger partial charge in [-0.05, 0) is 11.6 Å². The van der Waals surface area contributed by atoms with Crippen LogP contribution in [0.4, 0.5) is 5.69 Å². The highest BCUT2D eigenvalue weighted by Gasteiger charge is 2.19. The summed E-state index contributed by atoms with van der Waals surface area (Å²) < 4.78 is 0. The smallest absolute Gasteiger partial charge is 0.0843 e. The van der Waals surface area contributed by atoms with Gasteiger partial charge in [0.15, 0.2) is 0 Å².